The highest BCUT2D eigenvalue weighted by atomic mass is 15.2. The molecule has 2 nitrogen and oxygen atoms in total. The summed E-state index contributed by atoms with van der Waals surface area (Å²) in [7, 11) is 0. The van der Waals surface area contributed by atoms with Crippen LogP contribution in [0, 0.1) is 13.8 Å². The fourth-order valence-corrected chi connectivity index (χ4v) is 12.0. The minimum absolute atomic E-state index is 0.822. The summed E-state index contributed by atoms with van der Waals surface area (Å²) >= 11 is 0. The minimum atomic E-state index is 0.822. The summed E-state index contributed by atoms with van der Waals surface area (Å²) in [4.78, 5) is 5.02. The minimum Gasteiger partial charge on any atom is -0.310 e. The van der Waals surface area contributed by atoms with Crippen LogP contribution in [0.15, 0.2) is 224 Å². The van der Waals surface area contributed by atoms with E-state index in [0.717, 1.165) is 34.9 Å². The zero-order valence-electron chi connectivity index (χ0n) is 39.5. The maximum atomic E-state index is 2.53. The van der Waals surface area contributed by atoms with Crippen molar-refractivity contribution < 1.29 is 0 Å². The van der Waals surface area contributed by atoms with Crippen LogP contribution in [0.3, 0.4) is 0 Å². The summed E-state index contributed by atoms with van der Waals surface area (Å²) in [6.45, 7) is 6.73. The van der Waals surface area contributed by atoms with Crippen molar-refractivity contribution in [3.8, 4) is 11.1 Å². The van der Waals surface area contributed by atoms with Crippen LogP contribution in [-0.2, 0) is 6.42 Å². The monoisotopic (exact) mass is 892 g/mol. The second kappa shape index (κ2) is 15.7. The van der Waals surface area contributed by atoms with Gasteiger partial charge in [-0.15, -0.1) is 0 Å². The number of aryl methyl sites for hydroxylation is 2. The predicted molar refractivity (Wildman–Crippen MR) is 303 cm³/mol. The van der Waals surface area contributed by atoms with Gasteiger partial charge in [-0.25, -0.2) is 0 Å². The number of hydrogen-bond acceptors (Lipinski definition) is 2. The number of benzene rings is 14. The Morgan fingerprint density at radius 2 is 0.686 bits per heavy atom. The molecule has 0 heterocycles. The Hall–Kier alpha value is -8.72. The second-order valence-electron chi connectivity index (χ2n) is 19.3. The largest absolute Gasteiger partial charge is 0.310 e. The third-order valence-electron chi connectivity index (χ3n) is 15.0. The van der Waals surface area contributed by atoms with Crippen LogP contribution < -0.4 is 9.80 Å². The average molecular weight is 893 g/mol. The Morgan fingerprint density at radius 1 is 0.300 bits per heavy atom. The van der Waals surface area contributed by atoms with Gasteiger partial charge in [-0.2, -0.15) is 0 Å². The molecule has 0 atom stereocenters. The molecule has 0 N–H and O–H groups in total. The predicted octanol–water partition coefficient (Wildman–Crippen LogP) is 19.6. The quantitative estimate of drug-likeness (QED) is 0.140. The molecule has 2 heteroatoms. The van der Waals surface area contributed by atoms with Crippen molar-refractivity contribution in [1.29, 1.82) is 0 Å². The van der Waals surface area contributed by atoms with Crippen LogP contribution in [0.2, 0.25) is 0 Å². The first-order valence-electron chi connectivity index (χ1n) is 24.6. The second-order valence-corrected chi connectivity index (χ2v) is 19.3. The van der Waals surface area contributed by atoms with Crippen LogP contribution in [0.1, 0.15) is 23.6 Å². The summed E-state index contributed by atoms with van der Waals surface area (Å²) in [5.74, 6) is 0. The van der Waals surface area contributed by atoms with E-state index in [1.807, 2.05) is 0 Å². The molecule has 0 saturated heterocycles. The molecule has 330 valence electrons. The lowest BCUT2D eigenvalue weighted by Crippen LogP contribution is -2.14. The third-order valence-corrected chi connectivity index (χ3v) is 15.0. The van der Waals surface area contributed by atoms with Gasteiger partial charge in [-0.1, -0.05) is 165 Å². The lowest BCUT2D eigenvalue weighted by atomic mass is 9.87. The van der Waals surface area contributed by atoms with Crippen molar-refractivity contribution in [3.63, 3.8) is 0 Å². The van der Waals surface area contributed by atoms with Crippen molar-refractivity contribution in [3.05, 3.63) is 241 Å². The molecule has 0 aliphatic rings. The van der Waals surface area contributed by atoms with Crippen LogP contribution in [-0.4, -0.2) is 0 Å². The molecule has 0 radical (unpaired) electrons. The van der Waals surface area contributed by atoms with Gasteiger partial charge in [-0.3, -0.25) is 0 Å². The highest BCUT2D eigenvalue weighted by Gasteiger charge is 2.25. The van der Waals surface area contributed by atoms with E-state index in [0.29, 0.717) is 0 Å². The maximum absolute atomic E-state index is 2.53. The first kappa shape index (κ1) is 40.4. The van der Waals surface area contributed by atoms with Crippen LogP contribution >= 0.6 is 0 Å². The zero-order chi connectivity index (χ0) is 46.6. The number of fused-ring (bicyclic) bond motifs is 2. The molecular weight excluding hydrogens is 845 g/mol. The third kappa shape index (κ3) is 6.26. The molecule has 0 aromatic heterocycles. The molecule has 0 fully saturated rings. The SMILES string of the molecule is CCc1c(N(c2cccc(C)c2)c2cc3ccc4cccc5ccc(c2)c3c45)cc2ccccc2c1-c1cc(N(c2cccc(C)c2)c2cc3ccc4cccc5ccc(c2)c3c45)cc2ccccc12. The first-order chi connectivity index (χ1) is 34.5. The van der Waals surface area contributed by atoms with E-state index in [9.17, 15) is 0 Å². The summed E-state index contributed by atoms with van der Waals surface area (Å²) in [5, 5.41) is 20.3. The van der Waals surface area contributed by atoms with E-state index in [1.54, 1.807) is 0 Å². The molecule has 0 aliphatic heterocycles. The number of hydrogen-bond donors (Lipinski definition) is 0. The Labute approximate surface area is 407 Å². The van der Waals surface area contributed by atoms with E-state index in [1.165, 1.54) is 120 Å². The summed E-state index contributed by atoms with van der Waals surface area (Å²) < 4.78 is 0. The van der Waals surface area contributed by atoms with Crippen molar-refractivity contribution in [1.82, 2.24) is 0 Å². The average Bonchev–Trinajstić information content (AvgIpc) is 3.39. The van der Waals surface area contributed by atoms with Gasteiger partial charge in [-0.05, 0) is 201 Å². The molecule has 70 heavy (non-hydrogen) atoms. The topological polar surface area (TPSA) is 6.48 Å². The molecule has 0 unspecified atom stereocenters. The van der Waals surface area contributed by atoms with Crippen molar-refractivity contribution in [2.45, 2.75) is 27.2 Å². The van der Waals surface area contributed by atoms with Gasteiger partial charge in [0.25, 0.3) is 0 Å². The molecule has 0 saturated carbocycles. The molecule has 0 aliphatic carbocycles. The molecular formula is C68H48N2. The van der Waals surface area contributed by atoms with Crippen molar-refractivity contribution in [2.24, 2.45) is 0 Å². The molecule has 14 aromatic carbocycles. The van der Waals surface area contributed by atoms with Gasteiger partial charge in [0.1, 0.15) is 0 Å². The maximum Gasteiger partial charge on any atom is 0.0506 e. The fourth-order valence-electron chi connectivity index (χ4n) is 12.0. The van der Waals surface area contributed by atoms with Gasteiger partial charge in [0, 0.05) is 28.4 Å². The van der Waals surface area contributed by atoms with Gasteiger partial charge in [0.2, 0.25) is 0 Å². The number of rotatable bonds is 8. The van der Waals surface area contributed by atoms with E-state index in [4.69, 9.17) is 0 Å². The zero-order valence-corrected chi connectivity index (χ0v) is 39.5. The summed E-state index contributed by atoms with van der Waals surface area (Å²) in [6, 6.07) is 84.6. The normalized spacial score (nSPS) is 12.0. The van der Waals surface area contributed by atoms with Gasteiger partial charge < -0.3 is 9.80 Å². The first-order valence-corrected chi connectivity index (χ1v) is 24.6. The molecule has 0 amide bonds. The van der Waals surface area contributed by atoms with E-state index >= 15 is 0 Å². The van der Waals surface area contributed by atoms with Gasteiger partial charge in [0.15, 0.2) is 0 Å². The highest BCUT2D eigenvalue weighted by molar-refractivity contribution is 6.25. The smallest absolute Gasteiger partial charge is 0.0506 e. The molecule has 14 aromatic rings. The summed E-state index contributed by atoms with van der Waals surface area (Å²) in [6.07, 6.45) is 0.822. The van der Waals surface area contributed by atoms with Crippen LogP contribution in [0.25, 0.3) is 97.3 Å². The molecule has 14 rings (SSSR count). The Balaban J connectivity index is 1.05. The number of anilines is 6. The van der Waals surface area contributed by atoms with E-state index in [2.05, 4.69) is 255 Å². The van der Waals surface area contributed by atoms with Crippen molar-refractivity contribution >= 4 is 120 Å². The molecule has 0 bridgehead atoms. The Morgan fingerprint density at radius 3 is 1.20 bits per heavy atom. The Bertz CT molecular complexity index is 4260. The fraction of sp³-hybridized carbons (Fsp3) is 0.0588. The van der Waals surface area contributed by atoms with E-state index in [-0.39, 0.29) is 0 Å². The molecule has 0 spiro atoms. The number of nitrogens with zero attached hydrogens (tertiary/aromatic N) is 2. The van der Waals surface area contributed by atoms with Gasteiger partial charge >= 0.3 is 0 Å². The summed E-state index contributed by atoms with van der Waals surface area (Å²) in [5.41, 5.74) is 13.1. The van der Waals surface area contributed by atoms with E-state index < -0.39 is 0 Å². The highest BCUT2D eigenvalue weighted by Crippen LogP contribution is 2.50. The lowest BCUT2D eigenvalue weighted by molar-refractivity contribution is 1.12. The van der Waals surface area contributed by atoms with Gasteiger partial charge in [0.05, 0.1) is 5.69 Å². The Kier molecular flexibility index (Phi) is 9.03. The van der Waals surface area contributed by atoms with Crippen LogP contribution in [0.4, 0.5) is 34.1 Å². The standard InChI is InChI=1S/C68H48N2/c1-4-59-63(70(55-22-10-14-43(3)34-55)57-38-52-31-27-46-19-12-20-47-28-32-53(39-57)67(52)65(46)47)40-49-16-6-8-24-61(49)68(59)62-41-58(35-48-15-5-7-23-60(48)62)69(54-21-9-13-42(2)33-54)56-36-50-29-25-44-17-11-18-45-26-30-51(37-56)66(50)64(44)45/h5-41H,4H2,1-3H3. The van der Waals surface area contributed by atoms with Crippen molar-refractivity contribution in [2.75, 3.05) is 9.80 Å². The van der Waals surface area contributed by atoms with Crippen LogP contribution in [0.5, 0.6) is 0 Å². The lowest BCUT2D eigenvalue weighted by Gasteiger charge is -2.31.